The number of rotatable bonds is 6. The van der Waals surface area contributed by atoms with Gasteiger partial charge < -0.3 is 14.2 Å². The van der Waals surface area contributed by atoms with Crippen LogP contribution in [-0.4, -0.2) is 24.6 Å². The predicted molar refractivity (Wildman–Crippen MR) is 93.2 cm³/mol. The van der Waals surface area contributed by atoms with Crippen molar-refractivity contribution in [3.63, 3.8) is 0 Å². The van der Waals surface area contributed by atoms with Crippen LogP contribution in [0.25, 0.3) is 0 Å². The van der Waals surface area contributed by atoms with E-state index in [2.05, 4.69) is 39.8 Å². The number of ether oxygens (including phenoxy) is 3. The van der Waals surface area contributed by atoms with Gasteiger partial charge in [-0.3, -0.25) is 0 Å². The van der Waals surface area contributed by atoms with Crippen molar-refractivity contribution < 1.29 is 14.2 Å². The van der Waals surface area contributed by atoms with E-state index in [1.807, 2.05) is 32.0 Å². The molecular formula is C20H32O3. The summed E-state index contributed by atoms with van der Waals surface area (Å²) in [5, 5.41) is 0. The van der Waals surface area contributed by atoms with Gasteiger partial charge in [-0.2, -0.15) is 0 Å². The molecule has 1 aliphatic rings. The van der Waals surface area contributed by atoms with Gasteiger partial charge in [0, 0.05) is 11.3 Å². The second-order valence-electron chi connectivity index (χ2n) is 7.83. The van der Waals surface area contributed by atoms with Crippen LogP contribution in [0.3, 0.4) is 0 Å². The fourth-order valence-corrected chi connectivity index (χ4v) is 3.52. The van der Waals surface area contributed by atoms with Gasteiger partial charge in [-0.1, -0.05) is 58.0 Å². The van der Waals surface area contributed by atoms with Crippen molar-refractivity contribution in [2.24, 2.45) is 11.3 Å². The molecule has 0 spiro atoms. The molecule has 1 heterocycles. The molecule has 1 aliphatic heterocycles. The lowest BCUT2D eigenvalue weighted by atomic mass is 9.77. The van der Waals surface area contributed by atoms with Crippen LogP contribution < -0.4 is 0 Å². The van der Waals surface area contributed by atoms with Crippen LogP contribution in [0.1, 0.15) is 53.5 Å². The lowest BCUT2D eigenvalue weighted by Crippen LogP contribution is -2.55. The quantitative estimate of drug-likeness (QED) is 0.754. The van der Waals surface area contributed by atoms with Gasteiger partial charge in [-0.15, -0.1) is 0 Å². The summed E-state index contributed by atoms with van der Waals surface area (Å²) in [6.07, 6.45) is 1.36. The average Bonchev–Trinajstić information content (AvgIpc) is 2.50. The standard InChI is InChI=1S/C20H32O3/c1-7-17-15(2)18(23-20(5,6)22-17)19(3,4)14-21-13-16-11-9-8-10-12-16/h8-12,15,17-18H,7,13-14H2,1-6H3/t15-,17+,18-/m0/s1. The second-order valence-corrected chi connectivity index (χ2v) is 7.83. The summed E-state index contributed by atoms with van der Waals surface area (Å²) in [6, 6.07) is 10.3. The maximum Gasteiger partial charge on any atom is 0.163 e. The molecule has 1 fully saturated rings. The Balaban J connectivity index is 1.99. The normalized spacial score (nSPS) is 27.8. The molecule has 0 bridgehead atoms. The van der Waals surface area contributed by atoms with Crippen LogP contribution in [-0.2, 0) is 20.8 Å². The van der Waals surface area contributed by atoms with E-state index in [0.29, 0.717) is 19.1 Å². The maximum absolute atomic E-state index is 6.28. The molecule has 1 aromatic rings. The fourth-order valence-electron chi connectivity index (χ4n) is 3.52. The molecule has 0 saturated carbocycles. The summed E-state index contributed by atoms with van der Waals surface area (Å²) < 4.78 is 18.4. The molecule has 3 nitrogen and oxygen atoms in total. The molecule has 0 unspecified atom stereocenters. The minimum atomic E-state index is -0.533. The smallest absolute Gasteiger partial charge is 0.163 e. The third kappa shape index (κ3) is 4.79. The van der Waals surface area contributed by atoms with Crippen LogP contribution in [0.2, 0.25) is 0 Å². The van der Waals surface area contributed by atoms with E-state index in [0.717, 1.165) is 6.42 Å². The Labute approximate surface area is 141 Å². The maximum atomic E-state index is 6.28. The van der Waals surface area contributed by atoms with Crippen molar-refractivity contribution >= 4 is 0 Å². The molecule has 0 aliphatic carbocycles. The van der Waals surface area contributed by atoms with E-state index >= 15 is 0 Å². The van der Waals surface area contributed by atoms with Gasteiger partial charge in [0.25, 0.3) is 0 Å². The third-order valence-electron chi connectivity index (χ3n) is 4.67. The molecular weight excluding hydrogens is 288 g/mol. The Bertz CT molecular complexity index is 481. The Morgan fingerprint density at radius 3 is 2.39 bits per heavy atom. The predicted octanol–water partition coefficient (Wildman–Crippen LogP) is 4.80. The van der Waals surface area contributed by atoms with E-state index in [1.165, 1.54) is 5.56 Å². The highest BCUT2D eigenvalue weighted by molar-refractivity contribution is 5.13. The average molecular weight is 320 g/mol. The molecule has 1 saturated heterocycles. The van der Waals surface area contributed by atoms with Crippen molar-refractivity contribution in [1.29, 1.82) is 0 Å². The highest BCUT2D eigenvalue weighted by atomic mass is 16.7. The first kappa shape index (κ1) is 18.4. The molecule has 0 amide bonds. The van der Waals surface area contributed by atoms with Gasteiger partial charge in [0.1, 0.15) is 0 Å². The van der Waals surface area contributed by atoms with Gasteiger partial charge in [-0.05, 0) is 25.8 Å². The minimum Gasteiger partial charge on any atom is -0.376 e. The zero-order valence-electron chi connectivity index (χ0n) is 15.5. The third-order valence-corrected chi connectivity index (χ3v) is 4.67. The van der Waals surface area contributed by atoms with E-state index in [4.69, 9.17) is 14.2 Å². The second kappa shape index (κ2) is 7.33. The van der Waals surface area contributed by atoms with Crippen molar-refractivity contribution in [2.45, 2.75) is 72.6 Å². The summed E-state index contributed by atoms with van der Waals surface area (Å²) in [7, 11) is 0. The number of benzene rings is 1. The fraction of sp³-hybridized carbons (Fsp3) is 0.700. The Morgan fingerprint density at radius 2 is 1.78 bits per heavy atom. The van der Waals surface area contributed by atoms with Crippen LogP contribution in [0.4, 0.5) is 0 Å². The summed E-state index contributed by atoms with van der Waals surface area (Å²) in [4.78, 5) is 0. The van der Waals surface area contributed by atoms with Crippen molar-refractivity contribution in [1.82, 2.24) is 0 Å². The van der Waals surface area contributed by atoms with Crippen molar-refractivity contribution in [3.8, 4) is 0 Å². The van der Waals surface area contributed by atoms with Crippen molar-refractivity contribution in [2.75, 3.05) is 6.61 Å². The van der Waals surface area contributed by atoms with E-state index in [-0.39, 0.29) is 17.6 Å². The zero-order valence-corrected chi connectivity index (χ0v) is 15.5. The molecule has 0 aromatic heterocycles. The van der Waals surface area contributed by atoms with Gasteiger partial charge in [0.05, 0.1) is 25.4 Å². The van der Waals surface area contributed by atoms with Gasteiger partial charge >= 0.3 is 0 Å². The van der Waals surface area contributed by atoms with Crippen LogP contribution in [0.5, 0.6) is 0 Å². The van der Waals surface area contributed by atoms with Gasteiger partial charge in [0.2, 0.25) is 0 Å². The monoisotopic (exact) mass is 320 g/mol. The van der Waals surface area contributed by atoms with Gasteiger partial charge in [-0.25, -0.2) is 0 Å². The zero-order chi connectivity index (χ0) is 17.1. The first-order valence-electron chi connectivity index (χ1n) is 8.72. The van der Waals surface area contributed by atoms with Crippen LogP contribution in [0.15, 0.2) is 30.3 Å². The van der Waals surface area contributed by atoms with E-state index in [9.17, 15) is 0 Å². The molecule has 3 atom stereocenters. The lowest BCUT2D eigenvalue weighted by Gasteiger charge is -2.50. The highest BCUT2D eigenvalue weighted by Crippen LogP contribution is 2.40. The SMILES string of the molecule is CC[C@H]1OC(C)(C)O[C@H](C(C)(C)COCc2ccccc2)[C@H]1C. The van der Waals surface area contributed by atoms with Crippen LogP contribution >= 0.6 is 0 Å². The summed E-state index contributed by atoms with van der Waals surface area (Å²) in [6.45, 7) is 14.2. The van der Waals surface area contributed by atoms with E-state index in [1.54, 1.807) is 0 Å². The van der Waals surface area contributed by atoms with Crippen LogP contribution in [0, 0.1) is 11.3 Å². The Hall–Kier alpha value is -0.900. The molecule has 2 rings (SSSR count). The molecule has 23 heavy (non-hydrogen) atoms. The number of hydrogen-bond acceptors (Lipinski definition) is 3. The first-order valence-corrected chi connectivity index (χ1v) is 8.72. The molecule has 3 heteroatoms. The molecule has 130 valence electrons. The first-order chi connectivity index (χ1) is 10.7. The highest BCUT2D eigenvalue weighted by Gasteiger charge is 2.46. The largest absolute Gasteiger partial charge is 0.376 e. The molecule has 0 N–H and O–H groups in total. The van der Waals surface area contributed by atoms with Gasteiger partial charge in [0.15, 0.2) is 5.79 Å². The summed E-state index contributed by atoms with van der Waals surface area (Å²) in [5.74, 6) is -0.183. The lowest BCUT2D eigenvalue weighted by molar-refractivity contribution is -0.338. The summed E-state index contributed by atoms with van der Waals surface area (Å²) in [5.41, 5.74) is 1.14. The summed E-state index contributed by atoms with van der Waals surface area (Å²) >= 11 is 0. The molecule has 0 radical (unpaired) electrons. The molecule has 1 aromatic carbocycles. The minimum absolute atomic E-state index is 0.0668. The Kier molecular flexibility index (Phi) is 5.88. The number of hydrogen-bond donors (Lipinski definition) is 0. The topological polar surface area (TPSA) is 27.7 Å². The Morgan fingerprint density at radius 1 is 1.13 bits per heavy atom. The van der Waals surface area contributed by atoms with Crippen molar-refractivity contribution in [3.05, 3.63) is 35.9 Å². The van der Waals surface area contributed by atoms with E-state index < -0.39 is 5.79 Å².